The van der Waals surface area contributed by atoms with Crippen molar-refractivity contribution in [3.8, 4) is 5.88 Å². The van der Waals surface area contributed by atoms with Gasteiger partial charge in [0.05, 0.1) is 12.6 Å². The molecule has 3 aromatic rings. The van der Waals surface area contributed by atoms with Crippen LogP contribution in [-0.4, -0.2) is 33.9 Å². The van der Waals surface area contributed by atoms with E-state index in [0.717, 1.165) is 18.1 Å². The SMILES string of the molecule is CN=C(NCc1ccc(OC(C)C)nc1)NCc1ccccc1Cn1cccn1. The Labute approximate surface area is 171 Å². The molecule has 0 spiro atoms. The van der Waals surface area contributed by atoms with Crippen LogP contribution in [0.2, 0.25) is 0 Å². The van der Waals surface area contributed by atoms with Gasteiger partial charge in [0.25, 0.3) is 0 Å². The van der Waals surface area contributed by atoms with E-state index in [-0.39, 0.29) is 6.10 Å². The van der Waals surface area contributed by atoms with Crippen molar-refractivity contribution in [3.05, 3.63) is 77.7 Å². The summed E-state index contributed by atoms with van der Waals surface area (Å²) in [6.45, 7) is 6.02. The Hall–Kier alpha value is -3.35. The number of aliphatic imine (C=N–C) groups is 1. The quantitative estimate of drug-likeness (QED) is 0.455. The number of hydrogen-bond donors (Lipinski definition) is 2. The Bertz CT molecular complexity index is 903. The molecule has 3 rings (SSSR count). The number of benzene rings is 1. The largest absolute Gasteiger partial charge is 0.475 e. The standard InChI is InChI=1S/C22H28N6O/c1-17(2)29-21-10-9-18(13-24-21)14-25-22(23-3)26-15-19-7-4-5-8-20(19)16-28-12-6-11-27-28/h4-13,17H,14-16H2,1-3H3,(H2,23,25,26). The van der Waals surface area contributed by atoms with E-state index in [9.17, 15) is 0 Å². The van der Waals surface area contributed by atoms with Crippen molar-refractivity contribution in [1.82, 2.24) is 25.4 Å². The van der Waals surface area contributed by atoms with E-state index in [2.05, 4.69) is 43.9 Å². The monoisotopic (exact) mass is 392 g/mol. The maximum absolute atomic E-state index is 5.58. The average Bonchev–Trinajstić information content (AvgIpc) is 3.23. The molecule has 0 radical (unpaired) electrons. The van der Waals surface area contributed by atoms with Gasteiger partial charge in [0.15, 0.2) is 5.96 Å². The molecule has 0 aliphatic carbocycles. The molecule has 0 saturated heterocycles. The molecule has 2 N–H and O–H groups in total. The maximum atomic E-state index is 5.58. The van der Waals surface area contributed by atoms with Crippen LogP contribution in [0.4, 0.5) is 0 Å². The molecule has 2 aromatic heterocycles. The van der Waals surface area contributed by atoms with Crippen molar-refractivity contribution in [2.24, 2.45) is 4.99 Å². The van der Waals surface area contributed by atoms with Crippen LogP contribution >= 0.6 is 0 Å². The lowest BCUT2D eigenvalue weighted by Gasteiger charge is -2.15. The first-order valence-corrected chi connectivity index (χ1v) is 9.74. The third kappa shape index (κ3) is 6.34. The summed E-state index contributed by atoms with van der Waals surface area (Å²) in [6.07, 6.45) is 5.70. The highest BCUT2D eigenvalue weighted by molar-refractivity contribution is 5.79. The maximum Gasteiger partial charge on any atom is 0.213 e. The number of ether oxygens (including phenoxy) is 1. The molecule has 0 unspecified atom stereocenters. The van der Waals surface area contributed by atoms with Crippen LogP contribution in [0.1, 0.15) is 30.5 Å². The number of rotatable bonds is 8. The Balaban J connectivity index is 1.53. The van der Waals surface area contributed by atoms with Gasteiger partial charge in [-0.3, -0.25) is 9.67 Å². The first-order valence-electron chi connectivity index (χ1n) is 9.74. The van der Waals surface area contributed by atoms with Crippen LogP contribution < -0.4 is 15.4 Å². The molecule has 0 saturated carbocycles. The molecule has 7 nitrogen and oxygen atoms in total. The normalized spacial score (nSPS) is 11.5. The predicted molar refractivity (Wildman–Crippen MR) is 115 cm³/mol. The topological polar surface area (TPSA) is 76.4 Å². The van der Waals surface area contributed by atoms with Crippen LogP contribution in [0.15, 0.2) is 66.0 Å². The Morgan fingerprint density at radius 3 is 2.52 bits per heavy atom. The molecule has 7 heteroatoms. The summed E-state index contributed by atoms with van der Waals surface area (Å²) in [5, 5.41) is 11.0. The molecular formula is C22H28N6O. The van der Waals surface area contributed by atoms with Gasteiger partial charge in [-0.1, -0.05) is 30.3 Å². The molecule has 2 heterocycles. The van der Waals surface area contributed by atoms with Gasteiger partial charge in [-0.25, -0.2) is 4.98 Å². The first-order chi connectivity index (χ1) is 14.1. The second-order valence-corrected chi connectivity index (χ2v) is 6.92. The number of guanidine groups is 1. The summed E-state index contributed by atoms with van der Waals surface area (Å²) in [5.41, 5.74) is 3.50. The molecule has 0 aliphatic rings. The van der Waals surface area contributed by atoms with Crippen molar-refractivity contribution in [2.45, 2.75) is 39.6 Å². The molecule has 1 aromatic carbocycles. The van der Waals surface area contributed by atoms with Crippen molar-refractivity contribution >= 4 is 5.96 Å². The summed E-state index contributed by atoms with van der Waals surface area (Å²) >= 11 is 0. The molecular weight excluding hydrogens is 364 g/mol. The zero-order chi connectivity index (χ0) is 20.5. The van der Waals surface area contributed by atoms with Crippen LogP contribution in [0.5, 0.6) is 5.88 Å². The zero-order valence-corrected chi connectivity index (χ0v) is 17.2. The Morgan fingerprint density at radius 1 is 1.07 bits per heavy atom. The Morgan fingerprint density at radius 2 is 1.86 bits per heavy atom. The average molecular weight is 393 g/mol. The van der Waals surface area contributed by atoms with Crippen molar-refractivity contribution < 1.29 is 4.74 Å². The van der Waals surface area contributed by atoms with Gasteiger partial charge < -0.3 is 15.4 Å². The predicted octanol–water partition coefficient (Wildman–Crippen LogP) is 2.98. The second kappa shape index (κ2) is 10.3. The molecule has 0 atom stereocenters. The molecule has 152 valence electrons. The fourth-order valence-electron chi connectivity index (χ4n) is 2.86. The van der Waals surface area contributed by atoms with E-state index in [0.29, 0.717) is 19.0 Å². The lowest BCUT2D eigenvalue weighted by atomic mass is 10.1. The van der Waals surface area contributed by atoms with Gasteiger partial charge in [-0.2, -0.15) is 5.10 Å². The van der Waals surface area contributed by atoms with Gasteiger partial charge in [-0.05, 0) is 36.6 Å². The number of aromatic nitrogens is 3. The molecule has 29 heavy (non-hydrogen) atoms. The van der Waals surface area contributed by atoms with Crippen molar-refractivity contribution in [3.63, 3.8) is 0 Å². The van der Waals surface area contributed by atoms with Crippen molar-refractivity contribution in [1.29, 1.82) is 0 Å². The van der Waals surface area contributed by atoms with E-state index in [1.807, 2.05) is 55.2 Å². The van der Waals surface area contributed by atoms with E-state index in [1.54, 1.807) is 13.2 Å². The minimum atomic E-state index is 0.116. The molecule has 0 fully saturated rings. The fraction of sp³-hybridized carbons (Fsp3) is 0.318. The van der Waals surface area contributed by atoms with E-state index in [4.69, 9.17) is 4.74 Å². The fourth-order valence-corrected chi connectivity index (χ4v) is 2.86. The number of nitrogens with zero attached hydrogens (tertiary/aromatic N) is 4. The molecule has 0 amide bonds. The van der Waals surface area contributed by atoms with Gasteiger partial charge in [-0.15, -0.1) is 0 Å². The smallest absolute Gasteiger partial charge is 0.213 e. The highest BCUT2D eigenvalue weighted by Crippen LogP contribution is 2.11. The summed E-state index contributed by atoms with van der Waals surface area (Å²) in [7, 11) is 1.77. The van der Waals surface area contributed by atoms with Gasteiger partial charge in [0, 0.05) is 44.8 Å². The summed E-state index contributed by atoms with van der Waals surface area (Å²) in [5.74, 6) is 1.38. The molecule has 0 bridgehead atoms. The van der Waals surface area contributed by atoms with Crippen LogP contribution in [-0.2, 0) is 19.6 Å². The highest BCUT2D eigenvalue weighted by atomic mass is 16.5. The van der Waals surface area contributed by atoms with Gasteiger partial charge >= 0.3 is 0 Å². The number of pyridine rings is 1. The van der Waals surface area contributed by atoms with E-state index in [1.165, 1.54) is 11.1 Å². The lowest BCUT2D eigenvalue weighted by Crippen LogP contribution is -2.36. The summed E-state index contributed by atoms with van der Waals surface area (Å²) < 4.78 is 7.50. The highest BCUT2D eigenvalue weighted by Gasteiger charge is 2.05. The number of nitrogens with one attached hydrogen (secondary N) is 2. The third-order valence-corrected chi connectivity index (χ3v) is 4.29. The van der Waals surface area contributed by atoms with Crippen LogP contribution in [0.3, 0.4) is 0 Å². The van der Waals surface area contributed by atoms with Crippen LogP contribution in [0.25, 0.3) is 0 Å². The first kappa shape index (κ1) is 20.4. The Kier molecular flexibility index (Phi) is 7.22. The van der Waals surface area contributed by atoms with Gasteiger partial charge in [0.2, 0.25) is 5.88 Å². The zero-order valence-electron chi connectivity index (χ0n) is 17.2. The van der Waals surface area contributed by atoms with Gasteiger partial charge in [0.1, 0.15) is 0 Å². The van der Waals surface area contributed by atoms with E-state index < -0.39 is 0 Å². The summed E-state index contributed by atoms with van der Waals surface area (Å²) in [4.78, 5) is 8.64. The second-order valence-electron chi connectivity index (χ2n) is 6.92. The van der Waals surface area contributed by atoms with Crippen LogP contribution in [0, 0.1) is 0 Å². The van der Waals surface area contributed by atoms with Crippen molar-refractivity contribution in [2.75, 3.05) is 7.05 Å². The third-order valence-electron chi connectivity index (χ3n) is 4.29. The summed E-state index contributed by atoms with van der Waals surface area (Å²) in [6, 6.07) is 14.2. The minimum absolute atomic E-state index is 0.116. The molecule has 0 aliphatic heterocycles. The van der Waals surface area contributed by atoms with E-state index >= 15 is 0 Å². The lowest BCUT2D eigenvalue weighted by molar-refractivity contribution is 0.232. The minimum Gasteiger partial charge on any atom is -0.475 e. The number of hydrogen-bond acceptors (Lipinski definition) is 4.